The molecule has 0 aliphatic heterocycles. The molecule has 2 aromatic rings. The molecule has 0 amide bonds. The fraction of sp³-hybridized carbons (Fsp3) is 0.200. The van der Waals surface area contributed by atoms with E-state index in [1.165, 1.54) is 19.1 Å². The van der Waals surface area contributed by atoms with Crippen LogP contribution >= 0.6 is 15.9 Å². The molecule has 0 fully saturated rings. The Morgan fingerprint density at radius 1 is 1.00 bits per heavy atom. The van der Waals surface area contributed by atoms with Gasteiger partial charge in [0.05, 0.1) is 16.1 Å². The van der Waals surface area contributed by atoms with Gasteiger partial charge in [0.25, 0.3) is 0 Å². The summed E-state index contributed by atoms with van der Waals surface area (Å²) in [6.07, 6.45) is -2.27. The number of benzene rings is 2. The summed E-state index contributed by atoms with van der Waals surface area (Å²) in [5.74, 6) is -3.66. The Labute approximate surface area is 127 Å². The summed E-state index contributed by atoms with van der Waals surface area (Å²) in [4.78, 5) is 0. The average Bonchev–Trinajstić information content (AvgIpc) is 2.44. The molecule has 0 aliphatic carbocycles. The van der Waals surface area contributed by atoms with Crippen LogP contribution in [-0.2, 0) is 6.42 Å². The molecule has 1 unspecified atom stereocenters. The number of hydrogen-bond donors (Lipinski definition) is 1. The smallest absolute Gasteiger partial charge is 0.143 e. The lowest BCUT2D eigenvalue weighted by Gasteiger charge is -2.15. The number of aliphatic hydroxyl groups excluding tert-OH is 1. The van der Waals surface area contributed by atoms with Gasteiger partial charge in [-0.2, -0.15) is 0 Å². The first-order chi connectivity index (χ1) is 9.82. The van der Waals surface area contributed by atoms with Gasteiger partial charge in [-0.3, -0.25) is 0 Å². The number of halogens is 5. The van der Waals surface area contributed by atoms with E-state index >= 15 is 0 Å². The molecule has 1 nitrogen and oxygen atoms in total. The molecule has 0 bridgehead atoms. The highest BCUT2D eigenvalue weighted by Crippen LogP contribution is 2.29. The van der Waals surface area contributed by atoms with Crippen molar-refractivity contribution in [2.45, 2.75) is 19.4 Å². The summed E-state index contributed by atoms with van der Waals surface area (Å²) in [6.45, 7) is 1.41. The zero-order chi connectivity index (χ0) is 15.7. The second kappa shape index (κ2) is 6.15. The number of rotatable bonds is 3. The minimum Gasteiger partial charge on any atom is -0.388 e. The second-order valence-electron chi connectivity index (χ2n) is 4.63. The van der Waals surface area contributed by atoms with Crippen molar-refractivity contribution in [2.75, 3.05) is 0 Å². The maximum absolute atomic E-state index is 13.9. The minimum atomic E-state index is -1.69. The Morgan fingerprint density at radius 3 is 2.29 bits per heavy atom. The van der Waals surface area contributed by atoms with Crippen LogP contribution in [0.15, 0.2) is 28.7 Å². The van der Waals surface area contributed by atoms with Gasteiger partial charge in [-0.15, -0.1) is 0 Å². The molecule has 0 saturated heterocycles. The van der Waals surface area contributed by atoms with Crippen LogP contribution in [0.25, 0.3) is 0 Å². The van der Waals surface area contributed by atoms with E-state index in [9.17, 15) is 22.7 Å². The molecule has 1 atom stereocenters. The first kappa shape index (κ1) is 16.0. The Bertz CT molecular complexity index is 688. The molecule has 21 heavy (non-hydrogen) atoms. The number of hydrogen-bond acceptors (Lipinski definition) is 1. The van der Waals surface area contributed by atoms with Crippen LogP contribution in [0, 0.1) is 30.2 Å². The predicted octanol–water partition coefficient (Wildman–Crippen LogP) is 4.59. The molecule has 6 heteroatoms. The molecule has 0 saturated carbocycles. The van der Waals surface area contributed by atoms with Gasteiger partial charge in [-0.05, 0) is 46.6 Å². The Balaban J connectivity index is 2.42. The summed E-state index contributed by atoms with van der Waals surface area (Å²) >= 11 is 2.90. The summed E-state index contributed by atoms with van der Waals surface area (Å²) in [5, 5.41) is 9.97. The fourth-order valence-electron chi connectivity index (χ4n) is 2.04. The molecule has 112 valence electrons. The first-order valence-corrected chi connectivity index (χ1v) is 6.87. The van der Waals surface area contributed by atoms with Crippen molar-refractivity contribution >= 4 is 15.9 Å². The quantitative estimate of drug-likeness (QED) is 0.625. The normalized spacial score (nSPS) is 12.5. The van der Waals surface area contributed by atoms with Crippen molar-refractivity contribution < 1.29 is 22.7 Å². The van der Waals surface area contributed by atoms with Crippen LogP contribution < -0.4 is 0 Å². The Kier molecular flexibility index (Phi) is 4.68. The zero-order valence-electron chi connectivity index (χ0n) is 10.9. The highest BCUT2D eigenvalue weighted by Gasteiger charge is 2.23. The largest absolute Gasteiger partial charge is 0.388 e. The highest BCUT2D eigenvalue weighted by molar-refractivity contribution is 9.10. The lowest BCUT2D eigenvalue weighted by Crippen LogP contribution is -2.11. The van der Waals surface area contributed by atoms with Crippen LogP contribution in [0.2, 0.25) is 0 Å². The van der Waals surface area contributed by atoms with Crippen molar-refractivity contribution in [1.82, 2.24) is 0 Å². The van der Waals surface area contributed by atoms with Gasteiger partial charge < -0.3 is 5.11 Å². The van der Waals surface area contributed by atoms with Crippen molar-refractivity contribution in [3.8, 4) is 0 Å². The summed E-state index contributed by atoms with van der Waals surface area (Å²) in [6, 6.07) is 4.41. The van der Waals surface area contributed by atoms with Gasteiger partial charge in [-0.1, -0.05) is 6.07 Å². The van der Waals surface area contributed by atoms with Crippen LogP contribution in [-0.4, -0.2) is 5.11 Å². The molecule has 0 radical (unpaired) electrons. The molecule has 0 spiro atoms. The molecular formula is C15H11BrF4O. The second-order valence-corrected chi connectivity index (χ2v) is 5.49. The van der Waals surface area contributed by atoms with Gasteiger partial charge in [0, 0.05) is 12.0 Å². The lowest BCUT2D eigenvalue weighted by atomic mass is 9.98. The molecule has 0 aromatic heterocycles. The van der Waals surface area contributed by atoms with E-state index in [4.69, 9.17) is 0 Å². The van der Waals surface area contributed by atoms with Crippen LogP contribution in [0.3, 0.4) is 0 Å². The van der Waals surface area contributed by atoms with Crippen LogP contribution in [0.4, 0.5) is 17.6 Å². The monoisotopic (exact) mass is 362 g/mol. The van der Waals surface area contributed by atoms with Crippen LogP contribution in [0.5, 0.6) is 0 Å². The van der Waals surface area contributed by atoms with Crippen molar-refractivity contribution in [1.29, 1.82) is 0 Å². The van der Waals surface area contributed by atoms with Crippen molar-refractivity contribution in [3.05, 3.63) is 68.7 Å². The topological polar surface area (TPSA) is 20.2 Å². The Morgan fingerprint density at radius 2 is 1.62 bits per heavy atom. The zero-order valence-corrected chi connectivity index (χ0v) is 12.5. The van der Waals surface area contributed by atoms with Gasteiger partial charge in [0.15, 0.2) is 0 Å². The van der Waals surface area contributed by atoms with E-state index in [0.29, 0.717) is 0 Å². The third kappa shape index (κ3) is 3.11. The molecule has 2 aromatic carbocycles. The van der Waals surface area contributed by atoms with Gasteiger partial charge in [-0.25, -0.2) is 17.6 Å². The molecule has 1 N–H and O–H groups in total. The van der Waals surface area contributed by atoms with E-state index in [1.54, 1.807) is 0 Å². The van der Waals surface area contributed by atoms with Crippen LogP contribution in [0.1, 0.15) is 22.8 Å². The lowest BCUT2D eigenvalue weighted by molar-refractivity contribution is 0.165. The van der Waals surface area contributed by atoms with E-state index in [2.05, 4.69) is 15.9 Å². The third-order valence-electron chi connectivity index (χ3n) is 3.19. The maximum atomic E-state index is 13.9. The molecule has 0 heterocycles. The number of aryl methyl sites for hydroxylation is 1. The predicted molar refractivity (Wildman–Crippen MR) is 73.8 cm³/mol. The average molecular weight is 363 g/mol. The fourth-order valence-corrected chi connectivity index (χ4v) is 2.41. The van der Waals surface area contributed by atoms with E-state index < -0.39 is 46.9 Å². The van der Waals surface area contributed by atoms with Gasteiger partial charge in [0.1, 0.15) is 23.3 Å². The Hall–Kier alpha value is -1.40. The van der Waals surface area contributed by atoms with Gasteiger partial charge in [0.2, 0.25) is 0 Å². The molecule has 0 aliphatic rings. The first-order valence-electron chi connectivity index (χ1n) is 6.07. The number of aliphatic hydroxyl groups is 1. The molecular weight excluding hydrogens is 352 g/mol. The van der Waals surface area contributed by atoms with Gasteiger partial charge >= 0.3 is 0 Å². The standard InChI is InChI=1S/C15H11BrF4O/c1-7-2-4-11(18)13(14(7)19)12(21)6-8-10(17)5-3-9(16)15(8)20/h2-5,12,21H,6H2,1H3. The maximum Gasteiger partial charge on any atom is 0.143 e. The molecule has 2 rings (SSSR count). The van der Waals surface area contributed by atoms with E-state index in [-0.39, 0.29) is 10.0 Å². The minimum absolute atomic E-state index is 0.0105. The van der Waals surface area contributed by atoms with Crippen molar-refractivity contribution in [2.24, 2.45) is 0 Å². The summed E-state index contributed by atoms with van der Waals surface area (Å²) in [7, 11) is 0. The SMILES string of the molecule is Cc1ccc(F)c(C(O)Cc2c(F)ccc(Br)c2F)c1F. The summed E-state index contributed by atoms with van der Waals surface area (Å²) < 4.78 is 55.0. The van der Waals surface area contributed by atoms with E-state index in [0.717, 1.165) is 12.1 Å². The summed E-state index contributed by atoms with van der Waals surface area (Å²) in [5.41, 5.74) is -0.883. The third-order valence-corrected chi connectivity index (χ3v) is 3.80. The van der Waals surface area contributed by atoms with Crippen molar-refractivity contribution in [3.63, 3.8) is 0 Å². The van der Waals surface area contributed by atoms with E-state index in [1.807, 2.05) is 0 Å². The highest BCUT2D eigenvalue weighted by atomic mass is 79.9.